The predicted molar refractivity (Wildman–Crippen MR) is 79.1 cm³/mol. The third-order valence-corrected chi connectivity index (χ3v) is 4.32. The maximum atomic E-state index is 14.2. The molecule has 1 aliphatic rings. The van der Waals surface area contributed by atoms with Crippen LogP contribution in [0, 0.1) is 11.7 Å². The van der Waals surface area contributed by atoms with E-state index in [1.807, 2.05) is 20.0 Å². The van der Waals surface area contributed by atoms with Gasteiger partial charge in [0.2, 0.25) is 0 Å². The first-order valence-electron chi connectivity index (χ1n) is 7.38. The molecule has 19 heavy (non-hydrogen) atoms. The zero-order chi connectivity index (χ0) is 13.8. The van der Waals surface area contributed by atoms with E-state index in [-0.39, 0.29) is 11.9 Å². The summed E-state index contributed by atoms with van der Waals surface area (Å²) in [5.41, 5.74) is 1.85. The Morgan fingerprint density at radius 2 is 2.16 bits per heavy atom. The molecule has 1 fully saturated rings. The number of halogens is 1. The number of benzene rings is 1. The zero-order valence-corrected chi connectivity index (χ0v) is 12.2. The molecule has 1 aliphatic carbocycles. The Morgan fingerprint density at radius 1 is 1.42 bits per heavy atom. The molecule has 1 N–H and O–H groups in total. The highest BCUT2D eigenvalue weighted by atomic mass is 19.1. The molecule has 0 spiro atoms. The van der Waals surface area contributed by atoms with Gasteiger partial charge in [0.25, 0.3) is 0 Å². The van der Waals surface area contributed by atoms with Gasteiger partial charge in [-0.1, -0.05) is 12.5 Å². The van der Waals surface area contributed by atoms with Crippen LogP contribution in [0.1, 0.15) is 44.7 Å². The third kappa shape index (κ3) is 3.08. The van der Waals surface area contributed by atoms with Crippen LogP contribution in [-0.4, -0.2) is 20.1 Å². The summed E-state index contributed by atoms with van der Waals surface area (Å²) in [5, 5.41) is 3.16. The lowest BCUT2D eigenvalue weighted by Gasteiger charge is -2.35. The van der Waals surface area contributed by atoms with Crippen LogP contribution in [0.3, 0.4) is 0 Å². The average molecular weight is 264 g/mol. The molecule has 0 bridgehead atoms. The van der Waals surface area contributed by atoms with Gasteiger partial charge >= 0.3 is 0 Å². The second kappa shape index (κ2) is 6.38. The second-order valence-electron chi connectivity index (χ2n) is 5.52. The lowest BCUT2D eigenvalue weighted by Crippen LogP contribution is -2.34. The van der Waals surface area contributed by atoms with E-state index in [0.717, 1.165) is 30.3 Å². The van der Waals surface area contributed by atoms with Gasteiger partial charge in [-0.25, -0.2) is 4.39 Å². The predicted octanol–water partition coefficient (Wildman–Crippen LogP) is 3.73. The summed E-state index contributed by atoms with van der Waals surface area (Å²) in [7, 11) is 1.88. The van der Waals surface area contributed by atoms with Crippen LogP contribution in [0.4, 0.5) is 10.1 Å². The first-order chi connectivity index (χ1) is 9.17. The summed E-state index contributed by atoms with van der Waals surface area (Å²) in [6.07, 6.45) is 4.00. The van der Waals surface area contributed by atoms with Crippen LogP contribution in [0.5, 0.6) is 0 Å². The highest BCUT2D eigenvalue weighted by Gasteiger charge is 2.23. The minimum absolute atomic E-state index is 0.0339. The Labute approximate surface area is 116 Å². The van der Waals surface area contributed by atoms with Gasteiger partial charge in [-0.15, -0.1) is 0 Å². The van der Waals surface area contributed by atoms with E-state index in [0.29, 0.717) is 0 Å². The molecule has 2 rings (SSSR count). The molecule has 0 heterocycles. The molecule has 1 aromatic carbocycles. The molecule has 0 amide bonds. The molecule has 0 aromatic heterocycles. The maximum Gasteiger partial charge on any atom is 0.130 e. The van der Waals surface area contributed by atoms with Gasteiger partial charge in [0.15, 0.2) is 0 Å². The average Bonchev–Trinajstić information content (AvgIpc) is 2.37. The fraction of sp³-hybridized carbons (Fsp3) is 0.625. The molecule has 1 atom stereocenters. The van der Waals surface area contributed by atoms with E-state index < -0.39 is 0 Å². The number of hydrogen-bond donors (Lipinski definition) is 1. The molecule has 1 aromatic rings. The molecule has 106 valence electrons. The van der Waals surface area contributed by atoms with Gasteiger partial charge in [-0.05, 0) is 51.8 Å². The van der Waals surface area contributed by atoms with Crippen molar-refractivity contribution < 1.29 is 4.39 Å². The Hall–Kier alpha value is -1.09. The third-order valence-electron chi connectivity index (χ3n) is 4.32. The summed E-state index contributed by atoms with van der Waals surface area (Å²) >= 11 is 0. The Morgan fingerprint density at radius 3 is 2.68 bits per heavy atom. The number of rotatable bonds is 6. The largest absolute Gasteiger partial charge is 0.371 e. The van der Waals surface area contributed by atoms with Crippen molar-refractivity contribution >= 4 is 5.69 Å². The summed E-state index contributed by atoms with van der Waals surface area (Å²) < 4.78 is 14.2. The van der Waals surface area contributed by atoms with Gasteiger partial charge in [-0.2, -0.15) is 0 Å². The molecular weight excluding hydrogens is 239 g/mol. The summed E-state index contributed by atoms with van der Waals surface area (Å²) in [4.78, 5) is 2.33. The minimum atomic E-state index is -0.105. The SMILES string of the molecule is CCN(CC1CCC1)c1cccc(F)c1C(C)NC. The van der Waals surface area contributed by atoms with Gasteiger partial charge in [0, 0.05) is 30.4 Å². The molecule has 0 radical (unpaired) electrons. The first kappa shape index (κ1) is 14.3. The Kier molecular flexibility index (Phi) is 4.81. The molecule has 2 nitrogen and oxygen atoms in total. The fourth-order valence-electron chi connectivity index (χ4n) is 2.76. The van der Waals surface area contributed by atoms with E-state index in [4.69, 9.17) is 0 Å². The van der Waals surface area contributed by atoms with Crippen LogP contribution in [0.2, 0.25) is 0 Å². The highest BCUT2D eigenvalue weighted by Crippen LogP contribution is 2.33. The van der Waals surface area contributed by atoms with Gasteiger partial charge in [0.05, 0.1) is 0 Å². The number of nitrogens with zero attached hydrogens (tertiary/aromatic N) is 1. The number of hydrogen-bond acceptors (Lipinski definition) is 2. The fourth-order valence-corrected chi connectivity index (χ4v) is 2.76. The van der Waals surface area contributed by atoms with Crippen molar-refractivity contribution in [3.8, 4) is 0 Å². The smallest absolute Gasteiger partial charge is 0.130 e. The van der Waals surface area contributed by atoms with Gasteiger partial charge < -0.3 is 10.2 Å². The first-order valence-corrected chi connectivity index (χ1v) is 7.38. The molecule has 1 saturated carbocycles. The van der Waals surface area contributed by atoms with Crippen molar-refractivity contribution in [2.75, 3.05) is 25.0 Å². The van der Waals surface area contributed by atoms with E-state index >= 15 is 0 Å². The number of anilines is 1. The second-order valence-corrected chi connectivity index (χ2v) is 5.52. The van der Waals surface area contributed by atoms with Crippen molar-refractivity contribution in [2.45, 2.75) is 39.2 Å². The van der Waals surface area contributed by atoms with Crippen LogP contribution in [0.15, 0.2) is 18.2 Å². The normalized spacial score (nSPS) is 17.1. The van der Waals surface area contributed by atoms with Crippen molar-refractivity contribution in [3.63, 3.8) is 0 Å². The summed E-state index contributed by atoms with van der Waals surface area (Å²) in [6, 6.07) is 5.46. The van der Waals surface area contributed by atoms with Crippen LogP contribution < -0.4 is 10.2 Å². The Bertz CT molecular complexity index is 415. The Balaban J connectivity index is 2.27. The molecule has 0 aliphatic heterocycles. The van der Waals surface area contributed by atoms with E-state index in [9.17, 15) is 4.39 Å². The topological polar surface area (TPSA) is 15.3 Å². The van der Waals surface area contributed by atoms with Crippen molar-refractivity contribution in [1.82, 2.24) is 5.32 Å². The van der Waals surface area contributed by atoms with Crippen LogP contribution >= 0.6 is 0 Å². The monoisotopic (exact) mass is 264 g/mol. The van der Waals surface area contributed by atoms with E-state index in [1.54, 1.807) is 6.07 Å². The molecular formula is C16H25FN2. The van der Waals surface area contributed by atoms with Crippen molar-refractivity contribution in [3.05, 3.63) is 29.6 Å². The van der Waals surface area contributed by atoms with Crippen molar-refractivity contribution in [1.29, 1.82) is 0 Å². The lowest BCUT2D eigenvalue weighted by atomic mass is 9.85. The van der Waals surface area contributed by atoms with E-state index in [2.05, 4.69) is 23.2 Å². The van der Waals surface area contributed by atoms with Crippen molar-refractivity contribution in [2.24, 2.45) is 5.92 Å². The minimum Gasteiger partial charge on any atom is -0.371 e. The summed E-state index contributed by atoms with van der Waals surface area (Å²) in [5.74, 6) is 0.687. The standard InChI is InChI=1S/C16H25FN2/c1-4-19(11-13-7-5-8-13)15-10-6-9-14(17)16(15)12(2)18-3/h6,9-10,12-13,18H,4-5,7-8,11H2,1-3H3. The molecule has 1 unspecified atom stereocenters. The summed E-state index contributed by atoms with van der Waals surface area (Å²) in [6.45, 7) is 6.16. The number of nitrogens with one attached hydrogen (secondary N) is 1. The van der Waals surface area contributed by atoms with Gasteiger partial charge in [0.1, 0.15) is 5.82 Å². The highest BCUT2D eigenvalue weighted by molar-refractivity contribution is 5.55. The van der Waals surface area contributed by atoms with Crippen LogP contribution in [-0.2, 0) is 0 Å². The maximum absolute atomic E-state index is 14.2. The lowest BCUT2D eigenvalue weighted by molar-refractivity contribution is 0.318. The van der Waals surface area contributed by atoms with Gasteiger partial charge in [-0.3, -0.25) is 0 Å². The van der Waals surface area contributed by atoms with Crippen LogP contribution in [0.25, 0.3) is 0 Å². The quantitative estimate of drug-likeness (QED) is 0.842. The molecule has 3 heteroatoms. The zero-order valence-electron chi connectivity index (χ0n) is 12.2. The van der Waals surface area contributed by atoms with E-state index in [1.165, 1.54) is 19.3 Å². The molecule has 0 saturated heterocycles.